The normalized spacial score (nSPS) is 10.7. The van der Waals surface area contributed by atoms with Crippen LogP contribution in [0, 0.1) is 0 Å². The van der Waals surface area contributed by atoms with Crippen molar-refractivity contribution in [1.82, 2.24) is 0 Å². The Morgan fingerprint density at radius 2 is 0.551 bits per heavy atom. The summed E-state index contributed by atoms with van der Waals surface area (Å²) in [7, 11) is 0. The number of phenols is 12. The number of benzene rings is 6. The molecule has 0 aliphatic heterocycles. The maximum atomic E-state index is 13.3. The van der Waals surface area contributed by atoms with Crippen LogP contribution in [-0.4, -0.2) is 104 Å². The summed E-state index contributed by atoms with van der Waals surface area (Å²) in [6.45, 7) is 1.48. The van der Waals surface area contributed by atoms with Gasteiger partial charge in [0.15, 0.2) is 74.7 Å². The van der Waals surface area contributed by atoms with E-state index in [0.29, 0.717) is 60.7 Å². The molecule has 356 valence electrons. The minimum absolute atomic E-state index is 0.0337. The van der Waals surface area contributed by atoms with Crippen LogP contribution in [0.25, 0.3) is 0 Å². The molecule has 0 aliphatic carbocycles. The molecule has 0 saturated heterocycles. The first-order valence-corrected chi connectivity index (χ1v) is 18.9. The Kier molecular flexibility index (Phi) is 13.2. The number of aromatic hydroxyl groups is 12. The standard InChI is InChI=1S/C44H31NO24/c1-2-64-39(58)15-3-21(45)33(52)28(10-15)65-41(60)17-6-24(48)36(55)30(11-17)67-43(62)19-8-26(50)38(57)32(13-19)69-44(63)20-9-27(51)37(56)31(14-20)68-42(61)18-7-25(49)35(54)29(12-18)66-40(59)16-4-22(46)34(53)23(47)5-16/h3-14,46-57H,2,45H2,1H3. The van der Waals surface area contributed by atoms with Crippen LogP contribution in [0.5, 0.6) is 97.7 Å². The zero-order valence-corrected chi connectivity index (χ0v) is 34.5. The van der Waals surface area contributed by atoms with E-state index in [0.717, 1.165) is 12.1 Å². The summed E-state index contributed by atoms with van der Waals surface area (Å²) in [6, 6.07) is 8.29. The van der Waals surface area contributed by atoms with Crippen molar-refractivity contribution in [2.45, 2.75) is 6.92 Å². The maximum absolute atomic E-state index is 13.3. The van der Waals surface area contributed by atoms with E-state index in [9.17, 15) is 90.0 Å². The van der Waals surface area contributed by atoms with E-state index in [1.807, 2.05) is 0 Å². The number of esters is 6. The van der Waals surface area contributed by atoms with Crippen LogP contribution >= 0.6 is 0 Å². The Bertz CT molecular complexity index is 3140. The third kappa shape index (κ3) is 10.1. The third-order valence-corrected chi connectivity index (χ3v) is 9.10. The fourth-order valence-corrected chi connectivity index (χ4v) is 5.71. The molecule has 69 heavy (non-hydrogen) atoms. The molecule has 0 heterocycles. The van der Waals surface area contributed by atoms with Gasteiger partial charge < -0.3 is 95.4 Å². The van der Waals surface area contributed by atoms with Gasteiger partial charge in [-0.2, -0.15) is 0 Å². The lowest BCUT2D eigenvalue weighted by Gasteiger charge is -2.14. The first-order chi connectivity index (χ1) is 32.5. The molecule has 14 N–H and O–H groups in total. The van der Waals surface area contributed by atoms with Crippen molar-refractivity contribution in [3.63, 3.8) is 0 Å². The van der Waals surface area contributed by atoms with Gasteiger partial charge in [0.2, 0.25) is 23.0 Å². The first-order valence-electron chi connectivity index (χ1n) is 18.9. The lowest BCUT2D eigenvalue weighted by Crippen LogP contribution is -2.14. The van der Waals surface area contributed by atoms with Gasteiger partial charge in [0.1, 0.15) is 0 Å². The number of hydrogen-bond donors (Lipinski definition) is 13. The van der Waals surface area contributed by atoms with Crippen LogP contribution in [-0.2, 0) is 4.74 Å². The van der Waals surface area contributed by atoms with Gasteiger partial charge in [-0.3, -0.25) is 0 Å². The van der Waals surface area contributed by atoms with Gasteiger partial charge in [0, 0.05) is 0 Å². The predicted molar refractivity (Wildman–Crippen MR) is 224 cm³/mol. The molecule has 0 spiro atoms. The van der Waals surface area contributed by atoms with Crippen molar-refractivity contribution in [3.8, 4) is 97.7 Å². The number of hydrogen-bond acceptors (Lipinski definition) is 25. The first kappa shape index (κ1) is 48.0. The van der Waals surface area contributed by atoms with Crippen LogP contribution < -0.4 is 29.4 Å². The zero-order chi connectivity index (χ0) is 50.8. The SMILES string of the molecule is CCOC(=O)c1cc(N)c(O)c(OC(=O)c2cc(O)c(O)c(OC(=O)c3cc(O)c(O)c(OC(=O)c4cc(O)c(O)c(OC(=O)c5cc(O)c(O)c(OC(=O)c6cc(O)c(O)c(O)c6)c5)c4)c3)c2)c1. The summed E-state index contributed by atoms with van der Waals surface area (Å²) >= 11 is 0. The number of nitrogens with two attached hydrogens (primary N) is 1. The summed E-state index contributed by atoms with van der Waals surface area (Å²) in [6.07, 6.45) is 0. The van der Waals surface area contributed by atoms with Gasteiger partial charge in [-0.1, -0.05) is 0 Å². The Morgan fingerprint density at radius 1 is 0.333 bits per heavy atom. The second-order valence-corrected chi connectivity index (χ2v) is 13.8. The van der Waals surface area contributed by atoms with E-state index in [2.05, 4.69) is 0 Å². The average Bonchev–Trinajstić information content (AvgIpc) is 3.29. The van der Waals surface area contributed by atoms with Crippen LogP contribution in [0.2, 0.25) is 0 Å². The molecule has 6 aromatic carbocycles. The van der Waals surface area contributed by atoms with E-state index >= 15 is 0 Å². The van der Waals surface area contributed by atoms with E-state index in [1.165, 1.54) is 6.92 Å². The number of carbonyl (C=O) groups excluding carboxylic acids is 6. The quantitative estimate of drug-likeness (QED) is 0.0356. The fourth-order valence-electron chi connectivity index (χ4n) is 5.71. The van der Waals surface area contributed by atoms with Crippen molar-refractivity contribution in [3.05, 3.63) is 106 Å². The molecule has 6 aromatic rings. The second kappa shape index (κ2) is 18.9. The summed E-state index contributed by atoms with van der Waals surface area (Å²) in [5.74, 6) is -25.1. The minimum Gasteiger partial charge on any atom is -0.504 e. The van der Waals surface area contributed by atoms with Crippen molar-refractivity contribution < 1.29 is 118 Å². The largest absolute Gasteiger partial charge is 0.504 e. The summed E-state index contributed by atoms with van der Waals surface area (Å²) in [4.78, 5) is 77.7. The Hall–Kier alpha value is -10.5. The molecule has 6 rings (SSSR count). The van der Waals surface area contributed by atoms with E-state index in [-0.39, 0.29) is 12.2 Å². The van der Waals surface area contributed by atoms with E-state index in [1.54, 1.807) is 0 Å². The van der Waals surface area contributed by atoms with Crippen LogP contribution in [0.15, 0.2) is 72.8 Å². The molecule has 0 fully saturated rings. The highest BCUT2D eigenvalue weighted by Crippen LogP contribution is 2.44. The number of ether oxygens (including phenoxy) is 6. The average molecular weight is 958 g/mol. The molecule has 0 amide bonds. The Balaban J connectivity index is 1.20. The third-order valence-electron chi connectivity index (χ3n) is 9.10. The zero-order valence-electron chi connectivity index (χ0n) is 34.5. The number of anilines is 1. The topological polar surface area (TPSA) is 427 Å². The molecule has 0 aromatic heterocycles. The van der Waals surface area contributed by atoms with E-state index < -0.39 is 167 Å². The highest BCUT2D eigenvalue weighted by Gasteiger charge is 2.27. The molecule has 0 saturated carbocycles. The maximum Gasteiger partial charge on any atom is 0.343 e. The molecule has 0 unspecified atom stereocenters. The van der Waals surface area contributed by atoms with Crippen LogP contribution in [0.1, 0.15) is 69.1 Å². The number of carbonyl (C=O) groups is 6. The van der Waals surface area contributed by atoms with Crippen molar-refractivity contribution in [1.29, 1.82) is 0 Å². The van der Waals surface area contributed by atoms with Gasteiger partial charge in [0.05, 0.1) is 45.7 Å². The molecule has 25 heteroatoms. The lowest BCUT2D eigenvalue weighted by atomic mass is 10.1. The van der Waals surface area contributed by atoms with Crippen molar-refractivity contribution in [2.75, 3.05) is 12.3 Å². The monoisotopic (exact) mass is 957 g/mol. The minimum atomic E-state index is -1.54. The highest BCUT2D eigenvalue weighted by molar-refractivity contribution is 5.99. The van der Waals surface area contributed by atoms with E-state index in [4.69, 9.17) is 34.2 Å². The molecule has 0 atom stereocenters. The molecular formula is C44H31NO24. The highest BCUT2D eigenvalue weighted by atomic mass is 16.6. The smallest absolute Gasteiger partial charge is 0.343 e. The van der Waals surface area contributed by atoms with Crippen LogP contribution in [0.4, 0.5) is 5.69 Å². The van der Waals surface area contributed by atoms with Crippen LogP contribution in [0.3, 0.4) is 0 Å². The summed E-state index contributed by atoms with van der Waals surface area (Å²) < 4.78 is 30.2. The molecule has 0 bridgehead atoms. The molecule has 25 nitrogen and oxygen atoms in total. The Labute approximate surface area is 382 Å². The number of rotatable bonds is 12. The van der Waals surface area contributed by atoms with Gasteiger partial charge in [0.25, 0.3) is 0 Å². The van der Waals surface area contributed by atoms with Crippen molar-refractivity contribution >= 4 is 41.5 Å². The number of nitrogen functional groups attached to an aromatic ring is 1. The summed E-state index contributed by atoms with van der Waals surface area (Å²) in [5.41, 5.74) is 1.71. The number of phenolic OH excluding ortho intramolecular Hbond substituents is 12. The van der Waals surface area contributed by atoms with Gasteiger partial charge in [-0.15, -0.1) is 0 Å². The predicted octanol–water partition coefficient (Wildman–Crippen LogP) is 4.01. The lowest BCUT2D eigenvalue weighted by molar-refractivity contribution is 0.0523. The van der Waals surface area contributed by atoms with Gasteiger partial charge >= 0.3 is 35.8 Å². The molecule has 0 radical (unpaired) electrons. The van der Waals surface area contributed by atoms with Gasteiger partial charge in [-0.05, 0) is 79.7 Å². The fraction of sp³-hybridized carbons (Fsp3) is 0.0455. The molecule has 0 aliphatic rings. The Morgan fingerprint density at radius 3 is 0.812 bits per heavy atom. The molecular weight excluding hydrogens is 926 g/mol. The second-order valence-electron chi connectivity index (χ2n) is 13.8. The van der Waals surface area contributed by atoms with Gasteiger partial charge in [-0.25, -0.2) is 28.8 Å². The summed E-state index contributed by atoms with van der Waals surface area (Å²) in [5, 5.41) is 122. The van der Waals surface area contributed by atoms with Crippen molar-refractivity contribution in [2.24, 2.45) is 0 Å².